The molecule has 21 heavy (non-hydrogen) atoms. The Balaban J connectivity index is 2.25. The number of sulfonamides is 1. The molecule has 0 saturated carbocycles. The van der Waals surface area contributed by atoms with Crippen LogP contribution in [0.4, 0.5) is 5.82 Å². The van der Waals surface area contributed by atoms with E-state index in [1.165, 1.54) is 18.6 Å². The zero-order valence-corrected chi connectivity index (χ0v) is 13.5. The highest BCUT2D eigenvalue weighted by atomic mass is 79.9. The SMILES string of the molecule is CCn1cnnc1CNS(=O)(=O)c1cc(Br)cnc1NN. The average Bonchev–Trinajstić information content (AvgIpc) is 2.92. The Morgan fingerprint density at radius 1 is 1.48 bits per heavy atom. The van der Waals surface area contributed by atoms with Crippen LogP contribution in [-0.4, -0.2) is 28.2 Å². The maximum Gasteiger partial charge on any atom is 0.244 e. The van der Waals surface area contributed by atoms with Crippen molar-refractivity contribution in [3.05, 3.63) is 28.9 Å². The van der Waals surface area contributed by atoms with Crippen molar-refractivity contribution >= 4 is 31.8 Å². The van der Waals surface area contributed by atoms with Crippen LogP contribution in [-0.2, 0) is 23.1 Å². The molecule has 0 saturated heterocycles. The number of aromatic nitrogens is 4. The minimum Gasteiger partial charge on any atom is -0.317 e. The van der Waals surface area contributed by atoms with Crippen LogP contribution in [0.2, 0.25) is 0 Å². The molecular formula is C10H14BrN7O2S. The van der Waals surface area contributed by atoms with Gasteiger partial charge < -0.3 is 9.99 Å². The number of nitrogen functional groups attached to an aromatic ring is 1. The first kappa shape index (κ1) is 15.8. The van der Waals surface area contributed by atoms with Gasteiger partial charge in [-0.05, 0) is 28.9 Å². The third-order valence-corrected chi connectivity index (χ3v) is 4.55. The molecule has 2 aromatic rings. The van der Waals surface area contributed by atoms with E-state index in [0.29, 0.717) is 16.8 Å². The summed E-state index contributed by atoms with van der Waals surface area (Å²) in [4.78, 5) is 3.85. The van der Waals surface area contributed by atoms with Gasteiger partial charge in [-0.1, -0.05) is 0 Å². The first-order chi connectivity index (χ1) is 9.97. The molecule has 9 nitrogen and oxygen atoms in total. The molecule has 0 radical (unpaired) electrons. The fourth-order valence-corrected chi connectivity index (χ4v) is 3.26. The van der Waals surface area contributed by atoms with Gasteiger partial charge in [0.25, 0.3) is 0 Å². The Bertz CT molecular complexity index is 731. The normalized spacial score (nSPS) is 11.6. The van der Waals surface area contributed by atoms with E-state index in [1.807, 2.05) is 6.92 Å². The summed E-state index contributed by atoms with van der Waals surface area (Å²) in [6.07, 6.45) is 2.99. The maximum atomic E-state index is 12.3. The van der Waals surface area contributed by atoms with Crippen LogP contribution in [0.25, 0.3) is 0 Å². The monoisotopic (exact) mass is 375 g/mol. The van der Waals surface area contributed by atoms with Crippen molar-refractivity contribution in [2.24, 2.45) is 5.84 Å². The van der Waals surface area contributed by atoms with E-state index in [1.54, 1.807) is 4.57 Å². The number of nitrogens with two attached hydrogens (primary N) is 1. The molecule has 0 aromatic carbocycles. The molecular weight excluding hydrogens is 362 g/mol. The molecule has 0 amide bonds. The van der Waals surface area contributed by atoms with Crippen molar-refractivity contribution in [2.75, 3.05) is 5.43 Å². The number of nitrogens with one attached hydrogen (secondary N) is 2. The van der Waals surface area contributed by atoms with Gasteiger partial charge in [0, 0.05) is 17.2 Å². The van der Waals surface area contributed by atoms with Crippen molar-refractivity contribution in [1.82, 2.24) is 24.5 Å². The van der Waals surface area contributed by atoms with Crippen LogP contribution < -0.4 is 16.0 Å². The summed E-state index contributed by atoms with van der Waals surface area (Å²) in [6.45, 7) is 2.58. The highest BCUT2D eigenvalue weighted by Crippen LogP contribution is 2.22. The predicted octanol–water partition coefficient (Wildman–Crippen LogP) is 0.220. The number of anilines is 1. The number of hydrogen-bond acceptors (Lipinski definition) is 7. The fourth-order valence-electron chi connectivity index (χ4n) is 1.65. The highest BCUT2D eigenvalue weighted by Gasteiger charge is 2.20. The summed E-state index contributed by atoms with van der Waals surface area (Å²) in [5, 5.41) is 7.60. The van der Waals surface area contributed by atoms with Gasteiger partial charge in [0.1, 0.15) is 17.0 Å². The fraction of sp³-hybridized carbons (Fsp3) is 0.300. The van der Waals surface area contributed by atoms with Gasteiger partial charge in [-0.25, -0.2) is 24.0 Å². The van der Waals surface area contributed by atoms with Gasteiger partial charge in [0.15, 0.2) is 5.82 Å². The minimum absolute atomic E-state index is 0.0205. The Labute approximate surface area is 130 Å². The summed E-state index contributed by atoms with van der Waals surface area (Å²) >= 11 is 3.18. The van der Waals surface area contributed by atoms with Crippen LogP contribution in [0.3, 0.4) is 0 Å². The number of hydrazine groups is 1. The number of rotatable bonds is 6. The largest absolute Gasteiger partial charge is 0.317 e. The summed E-state index contributed by atoms with van der Waals surface area (Å²) < 4.78 is 29.4. The first-order valence-corrected chi connectivity index (χ1v) is 8.24. The Hall–Kier alpha value is -1.56. The topological polar surface area (TPSA) is 128 Å². The molecule has 114 valence electrons. The van der Waals surface area contributed by atoms with E-state index >= 15 is 0 Å². The van der Waals surface area contributed by atoms with Gasteiger partial charge in [-0.2, -0.15) is 0 Å². The van der Waals surface area contributed by atoms with Crippen LogP contribution in [0.1, 0.15) is 12.7 Å². The molecule has 0 unspecified atom stereocenters. The molecule has 2 rings (SSSR count). The van der Waals surface area contributed by atoms with Crippen LogP contribution in [0.15, 0.2) is 28.0 Å². The zero-order valence-electron chi connectivity index (χ0n) is 11.1. The van der Waals surface area contributed by atoms with Crippen molar-refractivity contribution in [3.8, 4) is 0 Å². The van der Waals surface area contributed by atoms with Gasteiger partial charge in [-0.15, -0.1) is 10.2 Å². The second-order valence-electron chi connectivity index (χ2n) is 4.00. The van der Waals surface area contributed by atoms with E-state index in [9.17, 15) is 8.42 Å². The minimum atomic E-state index is -3.79. The number of hydrogen-bond donors (Lipinski definition) is 3. The summed E-state index contributed by atoms with van der Waals surface area (Å²) in [7, 11) is -3.79. The van der Waals surface area contributed by atoms with Gasteiger partial charge in [0.2, 0.25) is 10.0 Å². The lowest BCUT2D eigenvalue weighted by Crippen LogP contribution is -2.27. The molecule has 0 aliphatic rings. The maximum absolute atomic E-state index is 12.3. The molecule has 0 fully saturated rings. The van der Waals surface area contributed by atoms with Crippen LogP contribution in [0.5, 0.6) is 0 Å². The number of aryl methyl sites for hydroxylation is 1. The Morgan fingerprint density at radius 2 is 2.24 bits per heavy atom. The van der Waals surface area contributed by atoms with Gasteiger partial charge in [0.05, 0.1) is 6.54 Å². The Morgan fingerprint density at radius 3 is 2.90 bits per heavy atom. The standard InChI is InChI=1S/C10H14BrN7O2S/c1-2-18-6-14-17-9(18)5-15-21(19,20)8-3-7(11)4-13-10(8)16-12/h3-4,6,15H,2,5,12H2,1H3,(H,13,16). The van der Waals surface area contributed by atoms with E-state index in [4.69, 9.17) is 5.84 Å². The molecule has 2 heterocycles. The van der Waals surface area contributed by atoms with E-state index in [-0.39, 0.29) is 17.3 Å². The van der Waals surface area contributed by atoms with E-state index in [0.717, 1.165) is 0 Å². The first-order valence-electron chi connectivity index (χ1n) is 5.96. The molecule has 0 aliphatic carbocycles. The van der Waals surface area contributed by atoms with Gasteiger partial charge >= 0.3 is 0 Å². The van der Waals surface area contributed by atoms with E-state index < -0.39 is 10.0 Å². The van der Waals surface area contributed by atoms with E-state index in [2.05, 4.69) is 41.3 Å². The predicted molar refractivity (Wildman–Crippen MR) is 79.5 cm³/mol. The molecule has 4 N–H and O–H groups in total. The summed E-state index contributed by atoms with van der Waals surface area (Å²) in [6, 6.07) is 1.41. The molecule has 2 aromatic heterocycles. The lowest BCUT2D eigenvalue weighted by atomic mass is 10.5. The number of halogens is 1. The summed E-state index contributed by atoms with van der Waals surface area (Å²) in [5.41, 5.74) is 2.26. The van der Waals surface area contributed by atoms with Crippen molar-refractivity contribution in [1.29, 1.82) is 0 Å². The lowest BCUT2D eigenvalue weighted by Gasteiger charge is -2.10. The zero-order chi connectivity index (χ0) is 15.5. The van der Waals surface area contributed by atoms with Crippen LogP contribution in [0, 0.1) is 0 Å². The third-order valence-electron chi connectivity index (χ3n) is 2.70. The van der Waals surface area contributed by atoms with Crippen molar-refractivity contribution in [3.63, 3.8) is 0 Å². The quantitative estimate of drug-likeness (QED) is 0.486. The highest BCUT2D eigenvalue weighted by molar-refractivity contribution is 9.10. The molecule has 0 aliphatic heterocycles. The second kappa shape index (κ2) is 6.47. The second-order valence-corrected chi connectivity index (χ2v) is 6.65. The summed E-state index contributed by atoms with van der Waals surface area (Å²) in [5.74, 6) is 5.87. The molecule has 11 heteroatoms. The molecule has 0 bridgehead atoms. The average molecular weight is 376 g/mol. The number of nitrogens with zero attached hydrogens (tertiary/aromatic N) is 4. The smallest absolute Gasteiger partial charge is 0.244 e. The Kier molecular flexibility index (Phi) is 4.88. The third kappa shape index (κ3) is 3.56. The van der Waals surface area contributed by atoms with Crippen LogP contribution >= 0.6 is 15.9 Å². The molecule has 0 atom stereocenters. The van der Waals surface area contributed by atoms with Crippen molar-refractivity contribution in [2.45, 2.75) is 24.9 Å². The van der Waals surface area contributed by atoms with Crippen molar-refractivity contribution < 1.29 is 8.42 Å². The molecule has 0 spiro atoms. The lowest BCUT2D eigenvalue weighted by molar-refractivity contribution is 0.575. The number of pyridine rings is 1. The van der Waals surface area contributed by atoms with Gasteiger partial charge in [-0.3, -0.25) is 0 Å².